The van der Waals surface area contributed by atoms with Crippen LogP contribution in [0.25, 0.3) is 11.3 Å². The van der Waals surface area contributed by atoms with Gasteiger partial charge >= 0.3 is 0 Å². The smallest absolute Gasteiger partial charge is 0.254 e. The molecule has 4 nitrogen and oxygen atoms in total. The zero-order valence-electron chi connectivity index (χ0n) is 12.4. The highest BCUT2D eigenvalue weighted by molar-refractivity contribution is 5.58. The van der Waals surface area contributed by atoms with Crippen molar-refractivity contribution in [1.82, 2.24) is 14.9 Å². The first-order chi connectivity index (χ1) is 10.2. The third-order valence-corrected chi connectivity index (χ3v) is 4.17. The molecule has 3 rings (SSSR count). The number of nitrogens with zero attached hydrogens (tertiary/aromatic N) is 2. The van der Waals surface area contributed by atoms with Gasteiger partial charge in [0.05, 0.1) is 5.69 Å². The average Bonchev–Trinajstić information content (AvgIpc) is 2.52. The average molecular weight is 283 g/mol. The van der Waals surface area contributed by atoms with Crippen LogP contribution in [0.5, 0.6) is 0 Å². The summed E-state index contributed by atoms with van der Waals surface area (Å²) in [7, 11) is 0. The molecule has 1 N–H and O–H groups in total. The van der Waals surface area contributed by atoms with E-state index in [1.165, 1.54) is 0 Å². The van der Waals surface area contributed by atoms with Crippen molar-refractivity contribution >= 4 is 0 Å². The van der Waals surface area contributed by atoms with E-state index in [-0.39, 0.29) is 5.56 Å². The number of rotatable bonds is 3. The van der Waals surface area contributed by atoms with Gasteiger partial charge in [0, 0.05) is 18.2 Å². The highest BCUT2D eigenvalue weighted by Gasteiger charge is 2.16. The zero-order valence-corrected chi connectivity index (χ0v) is 12.4. The molecule has 0 atom stereocenters. The standard InChI is InChI=1S/C17H21N3O/c1-13-19-16(15-5-3-2-4-6-15)11-17(21)20(13)12-14-7-9-18-10-8-14/h2-6,11,14,18H,7-10,12H2,1H3. The first kappa shape index (κ1) is 14.0. The topological polar surface area (TPSA) is 46.9 Å². The second kappa shape index (κ2) is 6.22. The minimum atomic E-state index is 0.0554. The van der Waals surface area contributed by atoms with E-state index in [0.717, 1.165) is 49.6 Å². The van der Waals surface area contributed by atoms with Gasteiger partial charge in [0.25, 0.3) is 5.56 Å². The summed E-state index contributed by atoms with van der Waals surface area (Å²) in [5, 5.41) is 3.36. The van der Waals surface area contributed by atoms with E-state index < -0.39 is 0 Å². The summed E-state index contributed by atoms with van der Waals surface area (Å²) in [5.74, 6) is 1.38. The van der Waals surface area contributed by atoms with Gasteiger partial charge in [-0.1, -0.05) is 30.3 Å². The molecular formula is C17H21N3O. The van der Waals surface area contributed by atoms with Gasteiger partial charge < -0.3 is 5.32 Å². The summed E-state index contributed by atoms with van der Waals surface area (Å²) >= 11 is 0. The Bertz CT molecular complexity index is 657. The number of hydrogen-bond donors (Lipinski definition) is 1. The molecule has 4 heteroatoms. The number of piperidine rings is 1. The van der Waals surface area contributed by atoms with Crippen molar-refractivity contribution in [3.05, 3.63) is 52.6 Å². The van der Waals surface area contributed by atoms with E-state index in [1.807, 2.05) is 41.8 Å². The molecule has 0 amide bonds. The maximum Gasteiger partial charge on any atom is 0.254 e. The molecular weight excluding hydrogens is 262 g/mol. The lowest BCUT2D eigenvalue weighted by Gasteiger charge is -2.24. The zero-order chi connectivity index (χ0) is 14.7. The number of nitrogens with one attached hydrogen (secondary N) is 1. The van der Waals surface area contributed by atoms with E-state index in [4.69, 9.17) is 0 Å². The van der Waals surface area contributed by atoms with Gasteiger partial charge in [-0.3, -0.25) is 9.36 Å². The monoisotopic (exact) mass is 283 g/mol. The van der Waals surface area contributed by atoms with Crippen molar-refractivity contribution in [2.75, 3.05) is 13.1 Å². The molecule has 2 heterocycles. The highest BCUT2D eigenvalue weighted by atomic mass is 16.1. The fourth-order valence-electron chi connectivity index (χ4n) is 2.92. The molecule has 1 saturated heterocycles. The summed E-state index contributed by atoms with van der Waals surface area (Å²) in [4.78, 5) is 17.0. The summed E-state index contributed by atoms with van der Waals surface area (Å²) in [5.41, 5.74) is 1.81. The van der Waals surface area contributed by atoms with Crippen LogP contribution in [0.2, 0.25) is 0 Å². The summed E-state index contributed by atoms with van der Waals surface area (Å²) < 4.78 is 1.82. The molecule has 1 fully saturated rings. The van der Waals surface area contributed by atoms with Gasteiger partial charge in [0.2, 0.25) is 0 Å². The number of aryl methyl sites for hydroxylation is 1. The Morgan fingerprint density at radius 3 is 2.62 bits per heavy atom. The second-order valence-electron chi connectivity index (χ2n) is 5.70. The lowest BCUT2D eigenvalue weighted by atomic mass is 9.98. The Labute approximate surface area is 124 Å². The first-order valence-electron chi connectivity index (χ1n) is 7.58. The molecule has 0 unspecified atom stereocenters. The molecule has 0 bridgehead atoms. The predicted molar refractivity (Wildman–Crippen MR) is 84.3 cm³/mol. The van der Waals surface area contributed by atoms with Crippen LogP contribution in [0.3, 0.4) is 0 Å². The third-order valence-electron chi connectivity index (χ3n) is 4.17. The molecule has 21 heavy (non-hydrogen) atoms. The quantitative estimate of drug-likeness (QED) is 0.939. The molecule has 110 valence electrons. The minimum Gasteiger partial charge on any atom is -0.317 e. The molecule has 0 spiro atoms. The Morgan fingerprint density at radius 1 is 1.24 bits per heavy atom. The number of hydrogen-bond acceptors (Lipinski definition) is 3. The van der Waals surface area contributed by atoms with Gasteiger partial charge in [-0.25, -0.2) is 4.98 Å². The first-order valence-corrected chi connectivity index (χ1v) is 7.58. The normalized spacial score (nSPS) is 16.0. The summed E-state index contributed by atoms with van der Waals surface area (Å²) in [6.45, 7) is 4.81. The van der Waals surface area contributed by atoms with Gasteiger partial charge in [-0.05, 0) is 38.8 Å². The number of aromatic nitrogens is 2. The largest absolute Gasteiger partial charge is 0.317 e. The highest BCUT2D eigenvalue weighted by Crippen LogP contribution is 2.17. The van der Waals surface area contributed by atoms with E-state index in [0.29, 0.717) is 5.92 Å². The van der Waals surface area contributed by atoms with Gasteiger partial charge in [0.15, 0.2) is 0 Å². The van der Waals surface area contributed by atoms with Crippen molar-refractivity contribution in [2.24, 2.45) is 5.92 Å². The van der Waals surface area contributed by atoms with Crippen molar-refractivity contribution < 1.29 is 0 Å². The van der Waals surface area contributed by atoms with Crippen LogP contribution in [0.1, 0.15) is 18.7 Å². The molecule has 2 aromatic rings. The lowest BCUT2D eigenvalue weighted by molar-refractivity contribution is 0.326. The summed E-state index contributed by atoms with van der Waals surface area (Å²) in [6, 6.07) is 11.5. The van der Waals surface area contributed by atoms with Gasteiger partial charge in [-0.2, -0.15) is 0 Å². The lowest BCUT2D eigenvalue weighted by Crippen LogP contribution is -2.33. The Balaban J connectivity index is 1.88. The van der Waals surface area contributed by atoms with Crippen LogP contribution < -0.4 is 10.9 Å². The van der Waals surface area contributed by atoms with Gasteiger partial charge in [-0.15, -0.1) is 0 Å². The maximum atomic E-state index is 12.4. The van der Waals surface area contributed by atoms with E-state index in [9.17, 15) is 4.79 Å². The van der Waals surface area contributed by atoms with Crippen molar-refractivity contribution in [2.45, 2.75) is 26.3 Å². The van der Waals surface area contributed by atoms with Crippen molar-refractivity contribution in [1.29, 1.82) is 0 Å². The fourth-order valence-corrected chi connectivity index (χ4v) is 2.92. The molecule has 1 aliphatic heterocycles. The predicted octanol–water partition coefficient (Wildman–Crippen LogP) is 2.22. The Hall–Kier alpha value is -1.94. The molecule has 1 aromatic carbocycles. The van der Waals surface area contributed by atoms with Crippen LogP contribution >= 0.6 is 0 Å². The van der Waals surface area contributed by atoms with Gasteiger partial charge in [0.1, 0.15) is 5.82 Å². The molecule has 0 saturated carbocycles. The minimum absolute atomic E-state index is 0.0554. The Morgan fingerprint density at radius 2 is 1.95 bits per heavy atom. The van der Waals surface area contributed by atoms with E-state index in [1.54, 1.807) is 6.07 Å². The second-order valence-corrected chi connectivity index (χ2v) is 5.70. The van der Waals surface area contributed by atoms with E-state index >= 15 is 0 Å². The fraction of sp³-hybridized carbons (Fsp3) is 0.412. The molecule has 0 aliphatic carbocycles. The van der Waals surface area contributed by atoms with E-state index in [2.05, 4.69) is 10.3 Å². The number of benzene rings is 1. The van der Waals surface area contributed by atoms with Crippen LogP contribution in [0, 0.1) is 12.8 Å². The van der Waals surface area contributed by atoms with Crippen LogP contribution in [-0.2, 0) is 6.54 Å². The summed E-state index contributed by atoms with van der Waals surface area (Å²) in [6.07, 6.45) is 2.26. The van der Waals surface area contributed by atoms with Crippen LogP contribution in [-0.4, -0.2) is 22.6 Å². The third kappa shape index (κ3) is 3.22. The van der Waals surface area contributed by atoms with Crippen LogP contribution in [0.4, 0.5) is 0 Å². The molecule has 1 aliphatic rings. The molecule has 1 aromatic heterocycles. The molecule has 0 radical (unpaired) electrons. The maximum absolute atomic E-state index is 12.4. The SMILES string of the molecule is Cc1nc(-c2ccccc2)cc(=O)n1CC1CCNCC1. The van der Waals surface area contributed by atoms with Crippen molar-refractivity contribution in [3.63, 3.8) is 0 Å². The van der Waals surface area contributed by atoms with Crippen molar-refractivity contribution in [3.8, 4) is 11.3 Å². The Kier molecular flexibility index (Phi) is 4.15. The van der Waals surface area contributed by atoms with Crippen LogP contribution in [0.15, 0.2) is 41.2 Å².